The molecule has 2 aliphatic heterocycles. The number of anilines is 1. The van der Waals surface area contributed by atoms with Crippen molar-refractivity contribution >= 4 is 44.7 Å². The highest BCUT2D eigenvalue weighted by molar-refractivity contribution is 7.90. The Labute approximate surface area is 267 Å². The van der Waals surface area contributed by atoms with E-state index in [-0.39, 0.29) is 10.8 Å². The van der Waals surface area contributed by atoms with Gasteiger partial charge < -0.3 is 4.74 Å². The highest BCUT2D eigenvalue weighted by Gasteiger charge is 2.60. The maximum absolute atomic E-state index is 14.0. The summed E-state index contributed by atoms with van der Waals surface area (Å²) in [6, 6.07) is 43.3. The molecule has 5 aromatic rings. The maximum Gasteiger partial charge on any atom is 0.285 e. The fourth-order valence-corrected chi connectivity index (χ4v) is 6.98. The minimum atomic E-state index is -4.20. The van der Waals surface area contributed by atoms with Gasteiger partial charge >= 0.3 is 0 Å². The number of aryl methyl sites for hydroxylation is 1. The van der Waals surface area contributed by atoms with Gasteiger partial charge in [-0.2, -0.15) is 13.5 Å². The van der Waals surface area contributed by atoms with Crippen LogP contribution in [0.2, 0.25) is 5.02 Å². The lowest BCUT2D eigenvalue weighted by atomic mass is 9.75. The summed E-state index contributed by atoms with van der Waals surface area (Å²) in [6.45, 7) is 1.91. The van der Waals surface area contributed by atoms with Crippen molar-refractivity contribution in [2.75, 3.05) is 5.01 Å². The molecule has 0 N–H and O–H groups in total. The van der Waals surface area contributed by atoms with Gasteiger partial charge in [0.05, 0.1) is 22.2 Å². The van der Waals surface area contributed by atoms with Crippen LogP contribution in [0.15, 0.2) is 160 Å². The number of para-hydroxylation sites is 1. The Hall–Kier alpha value is -4.98. The van der Waals surface area contributed by atoms with Gasteiger partial charge in [0.25, 0.3) is 10.0 Å². The van der Waals surface area contributed by atoms with Gasteiger partial charge in [-0.25, -0.2) is 5.01 Å². The predicted octanol–water partition coefficient (Wildman–Crippen LogP) is 8.25. The Balaban J connectivity index is 1.55. The van der Waals surface area contributed by atoms with Gasteiger partial charge in [0.2, 0.25) is 5.90 Å². The maximum atomic E-state index is 14.0. The Bertz CT molecular complexity index is 2050. The van der Waals surface area contributed by atoms with Crippen LogP contribution < -0.4 is 5.01 Å². The first-order valence-electron chi connectivity index (χ1n) is 14.5. The molecule has 222 valence electrons. The van der Waals surface area contributed by atoms with Crippen LogP contribution in [-0.2, 0) is 14.8 Å². The zero-order valence-corrected chi connectivity index (χ0v) is 25.9. The molecule has 2 heterocycles. The van der Waals surface area contributed by atoms with Crippen LogP contribution >= 0.6 is 11.6 Å². The largest absolute Gasteiger partial charge is 0.439 e. The Morgan fingerprint density at radius 1 is 0.756 bits per heavy atom. The van der Waals surface area contributed by atoms with Gasteiger partial charge in [-0.1, -0.05) is 120 Å². The van der Waals surface area contributed by atoms with E-state index in [9.17, 15) is 8.42 Å². The van der Waals surface area contributed by atoms with Crippen LogP contribution in [-0.4, -0.2) is 25.6 Å². The Kier molecular flexibility index (Phi) is 7.36. The van der Waals surface area contributed by atoms with Gasteiger partial charge in [-0.3, -0.25) is 0 Å². The monoisotopic (exact) mass is 629 g/mol. The van der Waals surface area contributed by atoms with E-state index in [4.69, 9.17) is 21.4 Å². The molecule has 45 heavy (non-hydrogen) atoms. The average molecular weight is 630 g/mol. The first kappa shape index (κ1) is 28.8. The second kappa shape index (κ2) is 11.5. The summed E-state index contributed by atoms with van der Waals surface area (Å²) in [6.07, 6.45) is 1.96. The number of nitrogens with zero attached hydrogens (tertiary/aromatic N) is 3. The molecule has 2 atom stereocenters. The third-order valence-corrected chi connectivity index (χ3v) is 9.55. The molecule has 0 aliphatic carbocycles. The van der Waals surface area contributed by atoms with Crippen LogP contribution in [0.4, 0.5) is 5.69 Å². The summed E-state index contributed by atoms with van der Waals surface area (Å²) >= 11 is 6.37. The molecule has 1 spiro atoms. The minimum absolute atomic E-state index is 0.000382. The third kappa shape index (κ3) is 5.24. The zero-order valence-electron chi connectivity index (χ0n) is 24.3. The molecule has 0 saturated heterocycles. The van der Waals surface area contributed by atoms with Crippen LogP contribution in [0.3, 0.4) is 0 Å². The van der Waals surface area contributed by atoms with Crippen molar-refractivity contribution in [3.05, 3.63) is 173 Å². The van der Waals surface area contributed by atoms with Crippen LogP contribution in [0.25, 0.3) is 5.76 Å². The lowest BCUT2D eigenvalue weighted by Crippen LogP contribution is -2.51. The standard InChI is InChI=1S/C37H28ClN3O3S/c1-26-17-23-32(24-18-26)45(42,43)40-36-37(25-33(44-36)27-11-5-2-6-12-27)34(28-19-21-30(38)22-20-28)35(29-13-7-3-8-14-29)39-41(37)31-15-9-4-10-16-31/h2-25,34H,1H3. The van der Waals surface area contributed by atoms with Gasteiger partial charge in [-0.05, 0) is 60.5 Å². The highest BCUT2D eigenvalue weighted by Crippen LogP contribution is 2.51. The number of ether oxygens (including phenoxy) is 1. The summed E-state index contributed by atoms with van der Waals surface area (Å²) in [5, 5.41) is 7.68. The number of hydrogen-bond donors (Lipinski definition) is 0. The molecule has 7 rings (SSSR count). The second-order valence-corrected chi connectivity index (χ2v) is 13.0. The minimum Gasteiger partial charge on any atom is -0.439 e. The van der Waals surface area contributed by atoms with Crippen molar-refractivity contribution in [3.8, 4) is 0 Å². The van der Waals surface area contributed by atoms with E-state index in [2.05, 4.69) is 4.40 Å². The molecule has 0 fully saturated rings. The van der Waals surface area contributed by atoms with Crippen molar-refractivity contribution < 1.29 is 13.2 Å². The third-order valence-electron chi connectivity index (χ3n) is 8.03. The number of halogens is 1. The van der Waals surface area contributed by atoms with Gasteiger partial charge in [-0.15, -0.1) is 4.40 Å². The summed E-state index contributed by atoms with van der Waals surface area (Å²) in [5.74, 6) is -0.0520. The van der Waals surface area contributed by atoms with Gasteiger partial charge in [0, 0.05) is 10.6 Å². The molecule has 0 radical (unpaired) electrons. The van der Waals surface area contributed by atoms with Crippen molar-refractivity contribution in [2.24, 2.45) is 9.50 Å². The first-order valence-corrected chi connectivity index (χ1v) is 16.3. The quantitative estimate of drug-likeness (QED) is 0.190. The van der Waals surface area contributed by atoms with Crippen molar-refractivity contribution in [1.29, 1.82) is 0 Å². The normalized spacial score (nSPS) is 20.3. The lowest BCUT2D eigenvalue weighted by molar-refractivity contribution is 0.474. The van der Waals surface area contributed by atoms with Gasteiger partial charge in [0.1, 0.15) is 5.76 Å². The average Bonchev–Trinajstić information content (AvgIpc) is 3.61. The number of benzene rings is 5. The van der Waals surface area contributed by atoms with E-state index in [1.165, 1.54) is 0 Å². The SMILES string of the molecule is Cc1ccc(S(=O)(=O)N=C2OC(c3ccccc3)=CC23C(c2ccc(Cl)cc2)C(c2ccccc2)=NN3c2ccccc2)cc1. The molecule has 0 aromatic heterocycles. The first-order chi connectivity index (χ1) is 21.8. The van der Waals surface area contributed by atoms with Crippen LogP contribution in [0.1, 0.15) is 28.2 Å². The summed E-state index contributed by atoms with van der Waals surface area (Å²) in [7, 11) is -4.20. The molecule has 8 heteroatoms. The number of hydrazone groups is 1. The van der Waals surface area contributed by atoms with Crippen LogP contribution in [0, 0.1) is 6.92 Å². The highest BCUT2D eigenvalue weighted by atomic mass is 35.5. The van der Waals surface area contributed by atoms with E-state index in [1.54, 1.807) is 24.3 Å². The topological polar surface area (TPSA) is 71.3 Å². The van der Waals surface area contributed by atoms with Crippen molar-refractivity contribution in [1.82, 2.24) is 0 Å². The molecule has 2 unspecified atom stereocenters. The number of hydrogen-bond acceptors (Lipinski definition) is 5. The fourth-order valence-electron chi connectivity index (χ4n) is 5.86. The second-order valence-electron chi connectivity index (χ2n) is 11.0. The smallest absolute Gasteiger partial charge is 0.285 e. The molecular formula is C37H28ClN3O3S. The molecule has 0 bridgehead atoms. The fraction of sp³-hybridized carbons (Fsp3) is 0.0811. The van der Waals surface area contributed by atoms with Crippen molar-refractivity contribution in [3.63, 3.8) is 0 Å². The number of sulfonamides is 1. The summed E-state index contributed by atoms with van der Waals surface area (Å²) < 4.78 is 39.1. The lowest BCUT2D eigenvalue weighted by Gasteiger charge is -2.36. The van der Waals surface area contributed by atoms with Crippen molar-refractivity contribution in [2.45, 2.75) is 23.3 Å². The molecule has 6 nitrogen and oxygen atoms in total. The molecule has 0 saturated carbocycles. The predicted molar refractivity (Wildman–Crippen MR) is 180 cm³/mol. The Morgan fingerprint density at radius 2 is 1.33 bits per heavy atom. The van der Waals surface area contributed by atoms with E-state index < -0.39 is 21.5 Å². The van der Waals surface area contributed by atoms with E-state index in [0.717, 1.165) is 33.7 Å². The number of rotatable bonds is 6. The Morgan fingerprint density at radius 3 is 1.96 bits per heavy atom. The zero-order chi connectivity index (χ0) is 31.0. The van der Waals surface area contributed by atoms with Gasteiger partial charge in [0.15, 0.2) is 5.54 Å². The molecule has 5 aromatic carbocycles. The van der Waals surface area contributed by atoms with Crippen LogP contribution in [0.5, 0.6) is 0 Å². The van der Waals surface area contributed by atoms with E-state index >= 15 is 0 Å². The molecule has 0 amide bonds. The van der Waals surface area contributed by atoms with E-state index in [0.29, 0.717) is 10.8 Å². The molecular weight excluding hydrogens is 602 g/mol. The summed E-state index contributed by atoms with van der Waals surface area (Å²) in [5.41, 5.74) is 3.66. The molecule has 2 aliphatic rings. The van der Waals surface area contributed by atoms with E-state index in [1.807, 2.05) is 133 Å². The summed E-state index contributed by atoms with van der Waals surface area (Å²) in [4.78, 5) is 0.0732.